The van der Waals surface area contributed by atoms with E-state index in [2.05, 4.69) is 57.2 Å². The minimum Gasteiger partial charge on any atom is -0.294 e. The zero-order valence-corrected chi connectivity index (χ0v) is 12.2. The van der Waals surface area contributed by atoms with E-state index in [1.165, 1.54) is 30.8 Å². The molecule has 2 bridgehead atoms. The van der Waals surface area contributed by atoms with E-state index >= 15 is 0 Å². The molecule has 3 saturated heterocycles. The van der Waals surface area contributed by atoms with Gasteiger partial charge in [-0.2, -0.15) is 0 Å². The maximum atomic E-state index is 4.44. The number of nitrogens with zero attached hydrogens (tertiary/aromatic N) is 3. The average molecular weight is 279 g/mol. The van der Waals surface area contributed by atoms with Gasteiger partial charge in [-0.15, -0.1) is 0 Å². The van der Waals surface area contributed by atoms with Crippen molar-refractivity contribution in [2.75, 3.05) is 13.1 Å². The first-order valence-electron chi connectivity index (χ1n) is 7.80. The minimum absolute atomic E-state index is 0.729. The van der Waals surface area contributed by atoms with Crippen molar-refractivity contribution in [3.8, 4) is 0 Å². The molecule has 3 fully saturated rings. The van der Waals surface area contributed by atoms with Gasteiger partial charge < -0.3 is 0 Å². The zero-order valence-electron chi connectivity index (χ0n) is 12.2. The van der Waals surface area contributed by atoms with Crippen molar-refractivity contribution in [3.05, 3.63) is 66.0 Å². The summed E-state index contributed by atoms with van der Waals surface area (Å²) in [6.07, 6.45) is 3.26. The summed E-state index contributed by atoms with van der Waals surface area (Å²) in [5, 5.41) is 0. The molecule has 0 aliphatic carbocycles. The van der Waals surface area contributed by atoms with Crippen LogP contribution >= 0.6 is 0 Å². The first kappa shape index (κ1) is 13.0. The van der Waals surface area contributed by atoms with Crippen molar-refractivity contribution < 1.29 is 0 Å². The van der Waals surface area contributed by atoms with Gasteiger partial charge in [0.05, 0.1) is 5.69 Å². The first-order valence-corrected chi connectivity index (χ1v) is 7.80. The van der Waals surface area contributed by atoms with Gasteiger partial charge in [-0.05, 0) is 24.1 Å². The predicted molar refractivity (Wildman–Crippen MR) is 83.7 cm³/mol. The molecule has 2 atom stereocenters. The van der Waals surface area contributed by atoms with Crippen LogP contribution in [0, 0.1) is 0 Å². The van der Waals surface area contributed by atoms with Crippen LogP contribution in [0.2, 0.25) is 0 Å². The third-order valence-corrected chi connectivity index (χ3v) is 4.74. The third-order valence-electron chi connectivity index (χ3n) is 4.74. The molecule has 21 heavy (non-hydrogen) atoms. The second kappa shape index (κ2) is 5.58. The lowest BCUT2D eigenvalue weighted by molar-refractivity contribution is -0.0777. The molecule has 5 rings (SSSR count). The number of aromatic nitrogens is 1. The van der Waals surface area contributed by atoms with Gasteiger partial charge in [-0.1, -0.05) is 36.4 Å². The Morgan fingerprint density at radius 3 is 2.38 bits per heavy atom. The lowest BCUT2D eigenvalue weighted by Gasteiger charge is -2.56. The molecule has 108 valence electrons. The summed E-state index contributed by atoms with van der Waals surface area (Å²) in [7, 11) is 0. The SMILES string of the molecule is c1ccc(CN2C3CC2CN(Cc2ccccn2)C3)cc1. The Bertz CT molecular complexity index is 572. The molecular formula is C18H21N3. The fourth-order valence-corrected chi connectivity index (χ4v) is 3.68. The van der Waals surface area contributed by atoms with Crippen molar-refractivity contribution in [3.63, 3.8) is 0 Å². The van der Waals surface area contributed by atoms with E-state index in [1.54, 1.807) is 0 Å². The van der Waals surface area contributed by atoms with Crippen LogP contribution in [0.3, 0.4) is 0 Å². The number of benzene rings is 1. The fourth-order valence-electron chi connectivity index (χ4n) is 3.68. The summed E-state index contributed by atoms with van der Waals surface area (Å²) < 4.78 is 0. The van der Waals surface area contributed by atoms with Gasteiger partial charge in [0.2, 0.25) is 0 Å². The average Bonchev–Trinajstić information content (AvgIpc) is 2.55. The normalized spacial score (nSPS) is 25.5. The summed E-state index contributed by atoms with van der Waals surface area (Å²) in [6.45, 7) is 4.46. The highest BCUT2D eigenvalue weighted by Gasteiger charge is 2.44. The number of fused-ring (bicyclic) bond motifs is 2. The molecule has 2 aromatic rings. The maximum absolute atomic E-state index is 4.44. The molecule has 3 heteroatoms. The molecule has 4 heterocycles. The van der Waals surface area contributed by atoms with Crippen molar-refractivity contribution in [1.82, 2.24) is 14.8 Å². The highest BCUT2D eigenvalue weighted by Crippen LogP contribution is 2.34. The van der Waals surface area contributed by atoms with Crippen molar-refractivity contribution in [2.45, 2.75) is 31.6 Å². The topological polar surface area (TPSA) is 19.4 Å². The van der Waals surface area contributed by atoms with Crippen LogP contribution < -0.4 is 0 Å². The molecule has 0 saturated carbocycles. The Labute approximate surface area is 126 Å². The molecular weight excluding hydrogens is 258 g/mol. The maximum Gasteiger partial charge on any atom is 0.0543 e. The molecule has 2 unspecified atom stereocenters. The number of piperidine rings is 1. The van der Waals surface area contributed by atoms with E-state index in [1.807, 2.05) is 12.3 Å². The quantitative estimate of drug-likeness (QED) is 0.857. The van der Waals surface area contributed by atoms with Crippen LogP contribution in [0.1, 0.15) is 17.7 Å². The zero-order chi connectivity index (χ0) is 14.1. The van der Waals surface area contributed by atoms with Gasteiger partial charge >= 0.3 is 0 Å². The summed E-state index contributed by atoms with van der Waals surface area (Å²) in [5.74, 6) is 0. The van der Waals surface area contributed by atoms with Gasteiger partial charge in [0, 0.05) is 44.5 Å². The molecule has 1 aromatic heterocycles. The molecule has 0 amide bonds. The van der Waals surface area contributed by atoms with Gasteiger partial charge in [0.25, 0.3) is 0 Å². The highest BCUT2D eigenvalue weighted by atomic mass is 15.4. The molecule has 0 N–H and O–H groups in total. The first-order chi connectivity index (χ1) is 10.4. The van der Waals surface area contributed by atoms with Crippen molar-refractivity contribution >= 4 is 0 Å². The standard InChI is InChI=1S/C18H21N3/c1-2-6-15(7-3-1)11-21-17-10-18(21)14-20(13-17)12-16-8-4-5-9-19-16/h1-9,17-18H,10-14H2. The molecule has 3 nitrogen and oxygen atoms in total. The van der Waals surface area contributed by atoms with Gasteiger partial charge in [0.1, 0.15) is 0 Å². The van der Waals surface area contributed by atoms with E-state index in [4.69, 9.17) is 0 Å². The third kappa shape index (κ3) is 2.71. The van der Waals surface area contributed by atoms with Gasteiger partial charge in [-0.3, -0.25) is 14.8 Å². The summed E-state index contributed by atoms with van der Waals surface area (Å²) >= 11 is 0. The number of hydrogen-bond acceptors (Lipinski definition) is 3. The van der Waals surface area contributed by atoms with E-state index in [9.17, 15) is 0 Å². The van der Waals surface area contributed by atoms with Crippen LogP contribution in [0.5, 0.6) is 0 Å². The monoisotopic (exact) mass is 279 g/mol. The second-order valence-corrected chi connectivity index (χ2v) is 6.22. The lowest BCUT2D eigenvalue weighted by atomic mass is 9.86. The van der Waals surface area contributed by atoms with Crippen LogP contribution in [-0.2, 0) is 13.1 Å². The van der Waals surface area contributed by atoms with Crippen LogP contribution in [0.15, 0.2) is 54.7 Å². The van der Waals surface area contributed by atoms with Gasteiger partial charge in [0.15, 0.2) is 0 Å². The minimum atomic E-state index is 0.729. The summed E-state index contributed by atoms with van der Waals surface area (Å²) in [5.41, 5.74) is 2.62. The summed E-state index contributed by atoms with van der Waals surface area (Å²) in [6, 6.07) is 18.5. The van der Waals surface area contributed by atoms with Crippen LogP contribution in [0.25, 0.3) is 0 Å². The van der Waals surface area contributed by atoms with Crippen molar-refractivity contribution in [2.24, 2.45) is 0 Å². The molecule has 3 aliphatic heterocycles. The van der Waals surface area contributed by atoms with E-state index < -0.39 is 0 Å². The Kier molecular flexibility index (Phi) is 3.45. The summed E-state index contributed by atoms with van der Waals surface area (Å²) in [4.78, 5) is 9.67. The van der Waals surface area contributed by atoms with E-state index in [0.29, 0.717) is 0 Å². The Hall–Kier alpha value is -1.71. The second-order valence-electron chi connectivity index (χ2n) is 6.22. The molecule has 1 aromatic carbocycles. The van der Waals surface area contributed by atoms with Crippen molar-refractivity contribution in [1.29, 1.82) is 0 Å². The number of pyridine rings is 1. The fraction of sp³-hybridized carbons (Fsp3) is 0.389. The number of rotatable bonds is 4. The van der Waals surface area contributed by atoms with Gasteiger partial charge in [-0.25, -0.2) is 0 Å². The molecule has 0 radical (unpaired) electrons. The van der Waals surface area contributed by atoms with E-state index in [0.717, 1.165) is 25.2 Å². The lowest BCUT2D eigenvalue weighted by Crippen LogP contribution is -2.67. The molecule has 3 aliphatic rings. The van der Waals surface area contributed by atoms with Crippen LogP contribution in [-0.4, -0.2) is 40.0 Å². The Balaban J connectivity index is 1.36. The highest BCUT2D eigenvalue weighted by molar-refractivity contribution is 5.16. The molecule has 0 spiro atoms. The predicted octanol–water partition coefficient (Wildman–Crippen LogP) is 2.54. The van der Waals surface area contributed by atoms with E-state index in [-0.39, 0.29) is 0 Å². The number of piperazine rings is 1. The number of hydrogen-bond donors (Lipinski definition) is 0. The Morgan fingerprint density at radius 2 is 1.67 bits per heavy atom. The smallest absolute Gasteiger partial charge is 0.0543 e. The van der Waals surface area contributed by atoms with Crippen LogP contribution in [0.4, 0.5) is 0 Å². The largest absolute Gasteiger partial charge is 0.294 e. The Morgan fingerprint density at radius 1 is 0.905 bits per heavy atom.